The number of unbranched alkanes of at least 4 members (excludes halogenated alkanes) is 1. The molecule has 1 heterocycles. The van der Waals surface area contributed by atoms with E-state index < -0.39 is 9.84 Å². The average molecular weight is 263 g/mol. The van der Waals surface area contributed by atoms with Gasteiger partial charge in [-0.3, -0.25) is 15.1 Å². The Bertz CT molecular complexity index is 356. The van der Waals surface area contributed by atoms with Gasteiger partial charge in [0.15, 0.2) is 9.84 Å². The van der Waals surface area contributed by atoms with Crippen molar-refractivity contribution >= 4 is 15.7 Å². The topological polar surface area (TPSA) is 92.5 Å². The van der Waals surface area contributed by atoms with Crippen molar-refractivity contribution in [3.63, 3.8) is 0 Å². The van der Waals surface area contributed by atoms with Crippen LogP contribution in [0.1, 0.15) is 26.2 Å². The summed E-state index contributed by atoms with van der Waals surface area (Å²) in [6.45, 7) is 3.38. The Kier molecular flexibility index (Phi) is 5.35. The fourth-order valence-electron chi connectivity index (χ4n) is 2.04. The first-order valence-electron chi connectivity index (χ1n) is 5.88. The summed E-state index contributed by atoms with van der Waals surface area (Å²) in [6.07, 6.45) is 2.09. The number of hydrazine groups is 1. The minimum Gasteiger partial charge on any atom is -0.299 e. The molecule has 1 atom stereocenters. The zero-order valence-corrected chi connectivity index (χ0v) is 11.0. The second-order valence-electron chi connectivity index (χ2n) is 4.52. The summed E-state index contributed by atoms with van der Waals surface area (Å²) in [7, 11) is -2.84. The van der Waals surface area contributed by atoms with Gasteiger partial charge in [0, 0.05) is 19.0 Å². The van der Waals surface area contributed by atoms with E-state index in [1.807, 2.05) is 6.92 Å². The van der Waals surface area contributed by atoms with Crippen molar-refractivity contribution in [2.24, 2.45) is 5.84 Å². The van der Waals surface area contributed by atoms with Crippen molar-refractivity contribution < 1.29 is 13.2 Å². The van der Waals surface area contributed by atoms with Crippen molar-refractivity contribution in [1.29, 1.82) is 0 Å². The lowest BCUT2D eigenvalue weighted by Gasteiger charge is -2.32. The first kappa shape index (κ1) is 14.4. The van der Waals surface area contributed by atoms with E-state index in [0.717, 1.165) is 19.4 Å². The van der Waals surface area contributed by atoms with Crippen LogP contribution in [0.25, 0.3) is 0 Å². The van der Waals surface area contributed by atoms with Crippen LogP contribution in [-0.4, -0.2) is 49.9 Å². The molecule has 0 aromatic heterocycles. The highest BCUT2D eigenvalue weighted by Gasteiger charge is 2.27. The van der Waals surface area contributed by atoms with Crippen molar-refractivity contribution in [2.75, 3.05) is 24.6 Å². The quantitative estimate of drug-likeness (QED) is 0.295. The van der Waals surface area contributed by atoms with Gasteiger partial charge in [0.25, 0.3) is 0 Å². The van der Waals surface area contributed by atoms with Crippen molar-refractivity contribution in [2.45, 2.75) is 32.2 Å². The normalized spacial score (nSPS) is 24.5. The Hall–Kier alpha value is -0.660. The highest BCUT2D eigenvalue weighted by atomic mass is 32.2. The highest BCUT2D eigenvalue weighted by Crippen LogP contribution is 2.12. The molecule has 1 amide bonds. The van der Waals surface area contributed by atoms with Crippen LogP contribution in [0.4, 0.5) is 0 Å². The summed E-state index contributed by atoms with van der Waals surface area (Å²) >= 11 is 0. The van der Waals surface area contributed by atoms with Gasteiger partial charge in [-0.15, -0.1) is 0 Å². The summed E-state index contributed by atoms with van der Waals surface area (Å²) < 4.78 is 22.7. The number of nitrogens with two attached hydrogens (primary N) is 1. The highest BCUT2D eigenvalue weighted by molar-refractivity contribution is 7.91. The largest absolute Gasteiger partial charge is 0.299 e. The third-order valence-corrected chi connectivity index (χ3v) is 4.86. The molecule has 7 heteroatoms. The smallest absolute Gasteiger partial charge is 0.233 e. The van der Waals surface area contributed by atoms with Crippen LogP contribution >= 0.6 is 0 Å². The lowest BCUT2D eigenvalue weighted by molar-refractivity contribution is -0.121. The van der Waals surface area contributed by atoms with Gasteiger partial charge in [-0.2, -0.15) is 0 Å². The second-order valence-corrected chi connectivity index (χ2v) is 6.75. The zero-order chi connectivity index (χ0) is 12.9. The van der Waals surface area contributed by atoms with Gasteiger partial charge >= 0.3 is 0 Å². The molecule has 0 aliphatic carbocycles. The van der Waals surface area contributed by atoms with E-state index in [9.17, 15) is 13.2 Å². The summed E-state index contributed by atoms with van der Waals surface area (Å²) in [4.78, 5) is 13.1. The molecule has 0 radical (unpaired) electrons. The van der Waals surface area contributed by atoms with E-state index in [-0.39, 0.29) is 23.5 Å². The number of nitrogens with one attached hydrogen (secondary N) is 1. The second kappa shape index (κ2) is 6.32. The summed E-state index contributed by atoms with van der Waals surface area (Å²) in [6, 6.07) is 0.0806. The predicted octanol–water partition coefficient (Wildman–Crippen LogP) is -0.734. The number of carbonyl (C=O) groups excluding carboxylic acids is 1. The molecule has 0 spiro atoms. The lowest BCUT2D eigenvalue weighted by atomic mass is 10.2. The van der Waals surface area contributed by atoms with Crippen molar-refractivity contribution in [1.82, 2.24) is 10.3 Å². The number of amides is 1. The number of hydrogen-bond donors (Lipinski definition) is 2. The van der Waals surface area contributed by atoms with Gasteiger partial charge in [0.2, 0.25) is 5.91 Å². The van der Waals surface area contributed by atoms with Gasteiger partial charge in [-0.1, -0.05) is 0 Å². The Labute approximate surface area is 102 Å². The molecule has 1 fully saturated rings. The zero-order valence-electron chi connectivity index (χ0n) is 10.2. The SMILES string of the molecule is CC1CS(=O)(=O)CCN1CCCCC(=O)NN. The first-order chi connectivity index (χ1) is 7.94. The maximum absolute atomic E-state index is 11.4. The average Bonchev–Trinajstić information content (AvgIpc) is 2.25. The van der Waals surface area contributed by atoms with E-state index in [2.05, 4.69) is 10.3 Å². The number of nitrogens with zero attached hydrogens (tertiary/aromatic N) is 1. The van der Waals surface area contributed by atoms with Gasteiger partial charge in [-0.05, 0) is 26.3 Å². The molecule has 17 heavy (non-hydrogen) atoms. The van der Waals surface area contributed by atoms with Gasteiger partial charge in [0.1, 0.15) is 0 Å². The Balaban J connectivity index is 2.22. The molecule has 6 nitrogen and oxygen atoms in total. The number of hydrogen-bond acceptors (Lipinski definition) is 5. The van der Waals surface area contributed by atoms with Crippen LogP contribution in [-0.2, 0) is 14.6 Å². The minimum atomic E-state index is -2.84. The molecule has 1 unspecified atom stereocenters. The molecule has 0 aromatic carbocycles. The van der Waals surface area contributed by atoms with Crippen molar-refractivity contribution in [3.05, 3.63) is 0 Å². The number of rotatable bonds is 5. The first-order valence-corrected chi connectivity index (χ1v) is 7.70. The van der Waals surface area contributed by atoms with E-state index in [4.69, 9.17) is 5.84 Å². The molecule has 3 N–H and O–H groups in total. The fraction of sp³-hybridized carbons (Fsp3) is 0.900. The lowest BCUT2D eigenvalue weighted by Crippen LogP contribution is -2.47. The Morgan fingerprint density at radius 1 is 1.47 bits per heavy atom. The minimum absolute atomic E-state index is 0.0806. The monoisotopic (exact) mass is 263 g/mol. The Morgan fingerprint density at radius 3 is 2.76 bits per heavy atom. The number of sulfone groups is 1. The summed E-state index contributed by atoms with van der Waals surface area (Å²) in [5.41, 5.74) is 2.09. The van der Waals surface area contributed by atoms with Gasteiger partial charge < -0.3 is 0 Å². The standard InChI is InChI=1S/C10H21N3O3S/c1-9-8-17(15,16)7-6-13(9)5-3-2-4-10(14)12-11/h9H,2-8,11H2,1H3,(H,12,14). The summed E-state index contributed by atoms with van der Waals surface area (Å²) in [5.74, 6) is 5.32. The van der Waals surface area contributed by atoms with Crippen LogP contribution in [0.3, 0.4) is 0 Å². The van der Waals surface area contributed by atoms with Crippen LogP contribution < -0.4 is 11.3 Å². The Morgan fingerprint density at radius 2 is 2.18 bits per heavy atom. The van der Waals surface area contributed by atoms with Crippen molar-refractivity contribution in [3.8, 4) is 0 Å². The van der Waals surface area contributed by atoms with Gasteiger partial charge in [0.05, 0.1) is 11.5 Å². The molecule has 0 aromatic rings. The molecule has 0 saturated carbocycles. The van der Waals surface area contributed by atoms with E-state index in [1.165, 1.54) is 0 Å². The molecule has 1 rings (SSSR count). The third kappa shape index (κ3) is 5.01. The van der Waals surface area contributed by atoms with Crippen LogP contribution in [0.15, 0.2) is 0 Å². The van der Waals surface area contributed by atoms with E-state index >= 15 is 0 Å². The van der Waals surface area contributed by atoms with Gasteiger partial charge in [-0.25, -0.2) is 14.3 Å². The van der Waals surface area contributed by atoms with E-state index in [0.29, 0.717) is 13.0 Å². The molecule has 0 bridgehead atoms. The maximum Gasteiger partial charge on any atom is 0.233 e. The van der Waals surface area contributed by atoms with Crippen LogP contribution in [0.2, 0.25) is 0 Å². The molecule has 1 aliphatic rings. The molecule has 1 saturated heterocycles. The van der Waals surface area contributed by atoms with Crippen LogP contribution in [0, 0.1) is 0 Å². The molecule has 100 valence electrons. The fourth-order valence-corrected chi connectivity index (χ4v) is 3.66. The number of carbonyl (C=O) groups is 1. The van der Waals surface area contributed by atoms with Crippen LogP contribution in [0.5, 0.6) is 0 Å². The van der Waals surface area contributed by atoms with E-state index in [1.54, 1.807) is 0 Å². The molecular weight excluding hydrogens is 242 g/mol. The third-order valence-electron chi connectivity index (χ3n) is 3.07. The molecular formula is C10H21N3O3S. The molecule has 1 aliphatic heterocycles. The summed E-state index contributed by atoms with van der Waals surface area (Å²) in [5, 5.41) is 0. The maximum atomic E-state index is 11.4. The predicted molar refractivity (Wildman–Crippen MR) is 65.9 cm³/mol.